The molecule has 0 spiro atoms. The number of ether oxygens (including phenoxy) is 2. The smallest absolute Gasteiger partial charge is 0.408 e. The monoisotopic (exact) mass is 581 g/mol. The van der Waals surface area contributed by atoms with Crippen LogP contribution in [0.15, 0.2) is 54.6 Å². The van der Waals surface area contributed by atoms with Gasteiger partial charge in [0.1, 0.15) is 35.6 Å². The standard InChI is InChI=1S/C32H43N3O7/c1-20-17-24(20)35(26(37)19-33-30(40)42-32(5,6)7)27(22-15-11-12-16-25(22)36)28(38)34-23(29(39)41-31(2,3)4)18-21-13-9-8-10-14-21/h8-16,20,23-24,27,36H,17-19H2,1-7H3,(H,33,40)(H,34,38). The molecule has 4 unspecified atom stereocenters. The molecule has 3 N–H and O–H groups in total. The zero-order chi connectivity index (χ0) is 31.2. The first-order valence-corrected chi connectivity index (χ1v) is 14.2. The maximum absolute atomic E-state index is 14.1. The number of hydrogen-bond donors (Lipinski definition) is 3. The Labute approximate surface area is 247 Å². The molecular formula is C32H43N3O7. The molecule has 1 aliphatic carbocycles. The van der Waals surface area contributed by atoms with Crippen LogP contribution in [-0.4, -0.2) is 63.7 Å². The SMILES string of the molecule is CC1CC1N(C(=O)CNC(=O)OC(C)(C)C)C(C(=O)NC(Cc1ccccc1)C(=O)OC(C)(C)C)c1ccccc1O. The van der Waals surface area contributed by atoms with Gasteiger partial charge in [-0.15, -0.1) is 0 Å². The van der Waals surface area contributed by atoms with Crippen LogP contribution in [0.5, 0.6) is 5.75 Å². The average molecular weight is 582 g/mol. The summed E-state index contributed by atoms with van der Waals surface area (Å²) in [6.07, 6.45) is 0.0222. The fraction of sp³-hybridized carbons (Fsp3) is 0.500. The number of alkyl carbamates (subject to hydrolysis) is 1. The summed E-state index contributed by atoms with van der Waals surface area (Å²) in [6, 6.07) is 12.8. The zero-order valence-electron chi connectivity index (χ0n) is 25.5. The fourth-order valence-electron chi connectivity index (χ4n) is 4.57. The predicted octanol–water partition coefficient (Wildman–Crippen LogP) is 4.26. The molecule has 3 rings (SSSR count). The van der Waals surface area contributed by atoms with Crippen LogP contribution in [0.1, 0.15) is 72.1 Å². The Morgan fingerprint density at radius 1 is 0.929 bits per heavy atom. The molecule has 2 aromatic rings. The second kappa shape index (κ2) is 13.3. The quantitative estimate of drug-likeness (QED) is 0.357. The largest absolute Gasteiger partial charge is 0.508 e. The highest BCUT2D eigenvalue weighted by Crippen LogP contribution is 2.41. The molecular weight excluding hydrogens is 538 g/mol. The van der Waals surface area contributed by atoms with Crippen LogP contribution in [-0.2, 0) is 30.3 Å². The molecule has 10 heteroatoms. The first-order chi connectivity index (χ1) is 19.6. The molecule has 10 nitrogen and oxygen atoms in total. The normalized spacial score (nSPS) is 17.8. The number of phenols is 1. The third kappa shape index (κ3) is 9.49. The molecule has 2 aromatic carbocycles. The van der Waals surface area contributed by atoms with Crippen molar-refractivity contribution in [3.05, 3.63) is 65.7 Å². The van der Waals surface area contributed by atoms with Crippen LogP contribution in [0.25, 0.3) is 0 Å². The van der Waals surface area contributed by atoms with Gasteiger partial charge in [-0.3, -0.25) is 9.59 Å². The van der Waals surface area contributed by atoms with E-state index in [1.807, 2.05) is 37.3 Å². The van der Waals surface area contributed by atoms with Crippen LogP contribution in [0, 0.1) is 5.92 Å². The van der Waals surface area contributed by atoms with Gasteiger partial charge in [0.2, 0.25) is 11.8 Å². The van der Waals surface area contributed by atoms with E-state index in [0.717, 1.165) is 5.56 Å². The fourth-order valence-corrected chi connectivity index (χ4v) is 4.57. The first kappa shape index (κ1) is 32.4. The highest BCUT2D eigenvalue weighted by molar-refractivity contribution is 5.93. The Hall–Kier alpha value is -4.08. The Bertz CT molecular complexity index is 1270. The number of aromatic hydroxyl groups is 1. The van der Waals surface area contributed by atoms with Gasteiger partial charge in [-0.1, -0.05) is 55.5 Å². The predicted molar refractivity (Wildman–Crippen MR) is 157 cm³/mol. The summed E-state index contributed by atoms with van der Waals surface area (Å²) in [6.45, 7) is 11.9. The van der Waals surface area contributed by atoms with Crippen molar-refractivity contribution in [1.29, 1.82) is 0 Å². The van der Waals surface area contributed by atoms with E-state index in [1.165, 1.54) is 11.0 Å². The average Bonchev–Trinajstić information content (AvgIpc) is 3.60. The molecule has 0 aromatic heterocycles. The summed E-state index contributed by atoms with van der Waals surface area (Å²) in [4.78, 5) is 54.8. The van der Waals surface area contributed by atoms with Crippen molar-refractivity contribution in [2.45, 2.75) is 90.6 Å². The van der Waals surface area contributed by atoms with E-state index >= 15 is 0 Å². The van der Waals surface area contributed by atoms with Crippen molar-refractivity contribution < 1.29 is 33.8 Å². The molecule has 228 valence electrons. The molecule has 4 atom stereocenters. The van der Waals surface area contributed by atoms with Crippen molar-refractivity contribution >= 4 is 23.9 Å². The summed E-state index contributed by atoms with van der Waals surface area (Å²) in [5.41, 5.74) is -0.557. The van der Waals surface area contributed by atoms with Gasteiger partial charge in [-0.2, -0.15) is 0 Å². The van der Waals surface area contributed by atoms with E-state index in [9.17, 15) is 24.3 Å². The van der Waals surface area contributed by atoms with E-state index in [4.69, 9.17) is 9.47 Å². The van der Waals surface area contributed by atoms with E-state index in [0.29, 0.717) is 6.42 Å². The van der Waals surface area contributed by atoms with E-state index in [-0.39, 0.29) is 29.7 Å². The third-order valence-electron chi connectivity index (χ3n) is 6.54. The maximum atomic E-state index is 14.1. The molecule has 1 aliphatic rings. The molecule has 0 radical (unpaired) electrons. The molecule has 0 saturated heterocycles. The summed E-state index contributed by atoms with van der Waals surface area (Å²) in [5.74, 6) is -1.91. The Morgan fingerprint density at radius 2 is 1.50 bits per heavy atom. The van der Waals surface area contributed by atoms with Gasteiger partial charge in [0.25, 0.3) is 0 Å². The Balaban J connectivity index is 1.96. The Kier molecular flexibility index (Phi) is 10.2. The summed E-state index contributed by atoms with van der Waals surface area (Å²) in [7, 11) is 0. The lowest BCUT2D eigenvalue weighted by atomic mass is 10.00. The topological polar surface area (TPSA) is 134 Å². The number of rotatable bonds is 10. The van der Waals surface area contributed by atoms with Crippen LogP contribution in [0.2, 0.25) is 0 Å². The van der Waals surface area contributed by atoms with Crippen molar-refractivity contribution in [1.82, 2.24) is 15.5 Å². The van der Waals surface area contributed by atoms with E-state index in [1.54, 1.807) is 59.7 Å². The second-order valence-electron chi connectivity index (χ2n) is 12.7. The van der Waals surface area contributed by atoms with E-state index < -0.39 is 53.7 Å². The number of esters is 1. The van der Waals surface area contributed by atoms with Crippen LogP contribution in [0.3, 0.4) is 0 Å². The zero-order valence-corrected chi connectivity index (χ0v) is 25.5. The van der Waals surface area contributed by atoms with Crippen molar-refractivity contribution in [3.63, 3.8) is 0 Å². The maximum Gasteiger partial charge on any atom is 0.408 e. The van der Waals surface area contributed by atoms with Crippen molar-refractivity contribution in [2.24, 2.45) is 5.92 Å². The number of carbonyl (C=O) groups is 4. The molecule has 1 saturated carbocycles. The molecule has 0 aliphatic heterocycles. The summed E-state index contributed by atoms with van der Waals surface area (Å²) in [5, 5.41) is 16.1. The Morgan fingerprint density at radius 3 is 2.05 bits per heavy atom. The van der Waals surface area contributed by atoms with Crippen LogP contribution in [0.4, 0.5) is 4.79 Å². The van der Waals surface area contributed by atoms with Gasteiger partial charge < -0.3 is 30.1 Å². The molecule has 3 amide bonds. The number of amides is 3. The lowest BCUT2D eigenvalue weighted by molar-refractivity contribution is -0.159. The number of phenolic OH excluding ortho intramolecular Hbond substituents is 1. The van der Waals surface area contributed by atoms with Gasteiger partial charge >= 0.3 is 12.1 Å². The molecule has 0 bridgehead atoms. The van der Waals surface area contributed by atoms with Gasteiger partial charge in [-0.25, -0.2) is 9.59 Å². The molecule has 0 heterocycles. The van der Waals surface area contributed by atoms with Crippen molar-refractivity contribution in [3.8, 4) is 5.75 Å². The van der Waals surface area contributed by atoms with Crippen molar-refractivity contribution in [2.75, 3.05) is 6.54 Å². The minimum absolute atomic E-state index is 0.0857. The van der Waals surface area contributed by atoms with Gasteiger partial charge in [-0.05, 0) is 65.5 Å². The minimum Gasteiger partial charge on any atom is -0.508 e. The lowest BCUT2D eigenvalue weighted by Gasteiger charge is -2.34. The lowest BCUT2D eigenvalue weighted by Crippen LogP contribution is -2.53. The number of hydrogen-bond acceptors (Lipinski definition) is 7. The first-order valence-electron chi connectivity index (χ1n) is 14.2. The van der Waals surface area contributed by atoms with Gasteiger partial charge in [0, 0.05) is 18.0 Å². The molecule has 1 fully saturated rings. The highest BCUT2D eigenvalue weighted by Gasteiger charge is 2.47. The number of carbonyl (C=O) groups excluding carboxylic acids is 4. The highest BCUT2D eigenvalue weighted by atomic mass is 16.6. The molecule has 42 heavy (non-hydrogen) atoms. The van der Waals surface area contributed by atoms with E-state index in [2.05, 4.69) is 10.6 Å². The number of nitrogens with one attached hydrogen (secondary N) is 2. The summed E-state index contributed by atoms with van der Waals surface area (Å²) >= 11 is 0. The van der Waals surface area contributed by atoms with Gasteiger partial charge in [0.15, 0.2) is 0 Å². The number of para-hydroxylation sites is 1. The number of benzene rings is 2. The number of nitrogens with zero attached hydrogens (tertiary/aromatic N) is 1. The van der Waals surface area contributed by atoms with Crippen LogP contribution >= 0.6 is 0 Å². The third-order valence-corrected chi connectivity index (χ3v) is 6.54. The van der Waals surface area contributed by atoms with Gasteiger partial charge in [0.05, 0.1) is 0 Å². The second-order valence-corrected chi connectivity index (χ2v) is 12.7. The minimum atomic E-state index is -1.28. The summed E-state index contributed by atoms with van der Waals surface area (Å²) < 4.78 is 10.9. The van der Waals surface area contributed by atoms with Crippen LogP contribution < -0.4 is 10.6 Å².